The zero-order valence-electron chi connectivity index (χ0n) is 12.7. The molecule has 1 rings (SSSR count). The molecule has 1 N–H and O–H groups in total. The first-order valence-electron chi connectivity index (χ1n) is 7.71. The van der Waals surface area contributed by atoms with Crippen LogP contribution in [0.4, 0.5) is 0 Å². The summed E-state index contributed by atoms with van der Waals surface area (Å²) >= 11 is 0. The lowest BCUT2D eigenvalue weighted by molar-refractivity contribution is 0.308. The van der Waals surface area contributed by atoms with Gasteiger partial charge in [-0.2, -0.15) is 0 Å². The normalized spacial score (nSPS) is 12.4. The predicted octanol–water partition coefficient (Wildman–Crippen LogP) is 4.36. The number of hydrogen-bond donors (Lipinski definition) is 1. The Balaban J connectivity index is 2.16. The zero-order valence-corrected chi connectivity index (χ0v) is 12.7. The minimum absolute atomic E-state index is 0.636. The van der Waals surface area contributed by atoms with Crippen molar-refractivity contribution in [1.82, 2.24) is 5.32 Å². The fraction of sp³-hybridized carbons (Fsp3) is 0.647. The average Bonchev–Trinajstić information content (AvgIpc) is 2.46. The molecule has 19 heavy (non-hydrogen) atoms. The first kappa shape index (κ1) is 16.0. The van der Waals surface area contributed by atoms with Crippen molar-refractivity contribution in [3.63, 3.8) is 0 Å². The van der Waals surface area contributed by atoms with E-state index in [0.717, 1.165) is 31.9 Å². The van der Waals surface area contributed by atoms with Crippen molar-refractivity contribution in [3.8, 4) is 5.75 Å². The van der Waals surface area contributed by atoms with Crippen LogP contribution in [-0.2, 0) is 0 Å². The molecule has 0 aromatic heterocycles. The van der Waals surface area contributed by atoms with Crippen molar-refractivity contribution < 1.29 is 4.74 Å². The summed E-state index contributed by atoms with van der Waals surface area (Å²) in [7, 11) is 0. The van der Waals surface area contributed by atoms with Gasteiger partial charge in [0, 0.05) is 0 Å². The molecule has 1 aromatic rings. The summed E-state index contributed by atoms with van der Waals surface area (Å²) in [4.78, 5) is 0. The summed E-state index contributed by atoms with van der Waals surface area (Å²) in [6.45, 7) is 9.67. The fourth-order valence-corrected chi connectivity index (χ4v) is 1.94. The van der Waals surface area contributed by atoms with Crippen LogP contribution in [0.3, 0.4) is 0 Å². The van der Waals surface area contributed by atoms with Crippen molar-refractivity contribution in [2.24, 2.45) is 0 Å². The smallest absolute Gasteiger partial charge is 0.119 e. The summed E-state index contributed by atoms with van der Waals surface area (Å²) in [5, 5.41) is 3.42. The van der Waals surface area contributed by atoms with Gasteiger partial charge in [0.2, 0.25) is 0 Å². The van der Waals surface area contributed by atoms with Gasteiger partial charge in [-0.3, -0.25) is 0 Å². The Morgan fingerprint density at radius 3 is 2.37 bits per heavy atom. The largest absolute Gasteiger partial charge is 0.494 e. The predicted molar refractivity (Wildman–Crippen MR) is 83.0 cm³/mol. The van der Waals surface area contributed by atoms with E-state index in [1.165, 1.54) is 24.8 Å². The quantitative estimate of drug-likeness (QED) is 0.633. The number of hydrogen-bond acceptors (Lipinski definition) is 2. The second-order valence-corrected chi connectivity index (χ2v) is 5.18. The van der Waals surface area contributed by atoms with Crippen LogP contribution >= 0.6 is 0 Å². The molecule has 2 heteroatoms. The highest BCUT2D eigenvalue weighted by Gasteiger charge is 2.02. The number of ether oxygens (including phenoxy) is 1. The van der Waals surface area contributed by atoms with Gasteiger partial charge >= 0.3 is 0 Å². The van der Waals surface area contributed by atoms with E-state index in [0.29, 0.717) is 5.92 Å². The Morgan fingerprint density at radius 2 is 1.74 bits per heavy atom. The van der Waals surface area contributed by atoms with Crippen LogP contribution in [-0.4, -0.2) is 19.7 Å². The average molecular weight is 263 g/mol. The van der Waals surface area contributed by atoms with E-state index in [9.17, 15) is 0 Å². The van der Waals surface area contributed by atoms with Crippen LogP contribution in [0.1, 0.15) is 57.9 Å². The molecule has 0 aliphatic carbocycles. The Kier molecular flexibility index (Phi) is 8.31. The maximum Gasteiger partial charge on any atom is 0.119 e. The monoisotopic (exact) mass is 263 g/mol. The van der Waals surface area contributed by atoms with Crippen LogP contribution in [0.5, 0.6) is 5.75 Å². The minimum atomic E-state index is 0.636. The molecule has 0 saturated heterocycles. The number of benzene rings is 1. The third kappa shape index (κ3) is 6.63. The molecule has 0 amide bonds. The van der Waals surface area contributed by atoms with Crippen molar-refractivity contribution >= 4 is 0 Å². The lowest BCUT2D eigenvalue weighted by Crippen LogP contribution is -2.18. The lowest BCUT2D eigenvalue weighted by Gasteiger charge is -2.11. The van der Waals surface area contributed by atoms with Crippen molar-refractivity contribution in [2.45, 2.75) is 52.4 Å². The van der Waals surface area contributed by atoms with Gasteiger partial charge in [-0.25, -0.2) is 0 Å². The molecule has 1 atom stereocenters. The topological polar surface area (TPSA) is 21.3 Å². The van der Waals surface area contributed by atoms with E-state index >= 15 is 0 Å². The second kappa shape index (κ2) is 9.85. The van der Waals surface area contributed by atoms with Crippen molar-refractivity contribution in [3.05, 3.63) is 29.8 Å². The Labute approximate surface area is 118 Å². The molecule has 0 radical (unpaired) electrons. The molecule has 0 aliphatic heterocycles. The molecule has 0 unspecified atom stereocenters. The SMILES string of the molecule is CCCCNCCCOc1ccc([C@@H](C)CC)cc1. The lowest BCUT2D eigenvalue weighted by atomic mass is 9.99. The molecule has 0 spiro atoms. The maximum absolute atomic E-state index is 5.74. The first-order chi connectivity index (χ1) is 9.27. The maximum atomic E-state index is 5.74. The zero-order chi connectivity index (χ0) is 13.9. The molecule has 2 nitrogen and oxygen atoms in total. The van der Waals surface area contributed by atoms with Gasteiger partial charge in [0.1, 0.15) is 5.75 Å². The van der Waals surface area contributed by atoms with E-state index < -0.39 is 0 Å². The van der Waals surface area contributed by atoms with E-state index in [4.69, 9.17) is 4.74 Å². The molecular weight excluding hydrogens is 234 g/mol. The number of unbranched alkanes of at least 4 members (excludes halogenated alkanes) is 1. The van der Waals surface area contributed by atoms with Gasteiger partial charge in [-0.15, -0.1) is 0 Å². The van der Waals surface area contributed by atoms with Gasteiger partial charge in [0.15, 0.2) is 0 Å². The standard InChI is InChI=1S/C17H29NO/c1-4-6-12-18-13-7-14-19-17-10-8-16(9-11-17)15(3)5-2/h8-11,15,18H,4-7,12-14H2,1-3H3/t15-/m0/s1. The van der Waals surface area contributed by atoms with E-state index in [2.05, 4.69) is 50.4 Å². The van der Waals surface area contributed by atoms with Gasteiger partial charge in [-0.1, -0.05) is 39.3 Å². The van der Waals surface area contributed by atoms with Crippen LogP contribution in [0.15, 0.2) is 24.3 Å². The highest BCUT2D eigenvalue weighted by atomic mass is 16.5. The van der Waals surface area contributed by atoms with Gasteiger partial charge in [0.25, 0.3) is 0 Å². The summed E-state index contributed by atoms with van der Waals surface area (Å²) < 4.78 is 5.74. The highest BCUT2D eigenvalue weighted by molar-refractivity contribution is 5.29. The summed E-state index contributed by atoms with van der Waals surface area (Å²) in [6.07, 6.45) is 4.77. The molecule has 0 heterocycles. The van der Waals surface area contributed by atoms with Crippen LogP contribution in [0.2, 0.25) is 0 Å². The van der Waals surface area contributed by atoms with Crippen molar-refractivity contribution in [1.29, 1.82) is 0 Å². The molecule has 108 valence electrons. The molecule has 0 saturated carbocycles. The molecule has 0 bridgehead atoms. The summed E-state index contributed by atoms with van der Waals surface area (Å²) in [5.74, 6) is 1.62. The molecule has 1 aromatic carbocycles. The summed E-state index contributed by atoms with van der Waals surface area (Å²) in [5.41, 5.74) is 1.40. The molecule has 0 aliphatic rings. The third-order valence-electron chi connectivity index (χ3n) is 3.54. The second-order valence-electron chi connectivity index (χ2n) is 5.18. The van der Waals surface area contributed by atoms with Gasteiger partial charge in [-0.05, 0) is 56.0 Å². The molecular formula is C17H29NO. The minimum Gasteiger partial charge on any atom is -0.494 e. The Hall–Kier alpha value is -1.02. The van der Waals surface area contributed by atoms with Gasteiger partial charge in [0.05, 0.1) is 6.61 Å². The van der Waals surface area contributed by atoms with Crippen LogP contribution < -0.4 is 10.1 Å². The fourth-order valence-electron chi connectivity index (χ4n) is 1.94. The van der Waals surface area contributed by atoms with Crippen LogP contribution in [0, 0.1) is 0 Å². The highest BCUT2D eigenvalue weighted by Crippen LogP contribution is 2.21. The van der Waals surface area contributed by atoms with Gasteiger partial charge < -0.3 is 10.1 Å². The van der Waals surface area contributed by atoms with E-state index in [1.807, 2.05) is 0 Å². The third-order valence-corrected chi connectivity index (χ3v) is 3.54. The number of nitrogens with one attached hydrogen (secondary N) is 1. The van der Waals surface area contributed by atoms with Crippen LogP contribution in [0.25, 0.3) is 0 Å². The van der Waals surface area contributed by atoms with E-state index in [1.54, 1.807) is 0 Å². The van der Waals surface area contributed by atoms with E-state index in [-0.39, 0.29) is 0 Å². The Morgan fingerprint density at radius 1 is 1.05 bits per heavy atom. The Bertz CT molecular complexity index is 321. The molecule has 0 fully saturated rings. The first-order valence-corrected chi connectivity index (χ1v) is 7.71. The number of rotatable bonds is 10. The van der Waals surface area contributed by atoms with Crippen molar-refractivity contribution in [2.75, 3.05) is 19.7 Å². The summed E-state index contributed by atoms with van der Waals surface area (Å²) in [6, 6.07) is 8.55.